The summed E-state index contributed by atoms with van der Waals surface area (Å²) in [5.74, 6) is 1.51. The first-order valence-corrected chi connectivity index (χ1v) is 6.94. The van der Waals surface area contributed by atoms with E-state index in [9.17, 15) is 0 Å². The van der Waals surface area contributed by atoms with Gasteiger partial charge in [-0.3, -0.25) is 4.98 Å². The van der Waals surface area contributed by atoms with E-state index < -0.39 is 0 Å². The molecule has 0 saturated heterocycles. The molecule has 16 heavy (non-hydrogen) atoms. The molecule has 0 aromatic carbocycles. The first-order chi connectivity index (χ1) is 7.67. The summed E-state index contributed by atoms with van der Waals surface area (Å²) in [6.45, 7) is 7.20. The van der Waals surface area contributed by atoms with Gasteiger partial charge in [0.15, 0.2) is 0 Å². The van der Waals surface area contributed by atoms with Crippen molar-refractivity contribution in [3.63, 3.8) is 0 Å². The van der Waals surface area contributed by atoms with E-state index in [-0.39, 0.29) is 0 Å². The van der Waals surface area contributed by atoms with Crippen LogP contribution < -0.4 is 4.74 Å². The molecule has 1 atom stereocenters. The van der Waals surface area contributed by atoms with Crippen molar-refractivity contribution < 1.29 is 4.74 Å². The Kier molecular flexibility index (Phi) is 5.81. The lowest BCUT2D eigenvalue weighted by Crippen LogP contribution is -2.09. The van der Waals surface area contributed by atoms with Gasteiger partial charge < -0.3 is 4.74 Å². The van der Waals surface area contributed by atoms with Crippen molar-refractivity contribution in [3.8, 4) is 5.75 Å². The van der Waals surface area contributed by atoms with Crippen LogP contribution in [0.4, 0.5) is 0 Å². The smallest absolute Gasteiger partial charge is 0.141 e. The van der Waals surface area contributed by atoms with Gasteiger partial charge in [-0.25, -0.2) is 0 Å². The van der Waals surface area contributed by atoms with Crippen molar-refractivity contribution in [1.29, 1.82) is 0 Å². The Balaban J connectivity index is 2.59. The van der Waals surface area contributed by atoms with Gasteiger partial charge in [-0.05, 0) is 31.4 Å². The highest BCUT2D eigenvalue weighted by Gasteiger charge is 2.07. The molecule has 0 amide bonds. The van der Waals surface area contributed by atoms with Crippen molar-refractivity contribution in [2.24, 2.45) is 5.92 Å². The van der Waals surface area contributed by atoms with Crippen molar-refractivity contribution in [2.75, 3.05) is 6.61 Å². The van der Waals surface area contributed by atoms with E-state index in [4.69, 9.17) is 4.74 Å². The maximum Gasteiger partial charge on any atom is 0.141 e. The molecule has 0 fully saturated rings. The molecule has 90 valence electrons. The normalized spacial score (nSPS) is 12.5. The highest BCUT2D eigenvalue weighted by Crippen LogP contribution is 2.20. The first kappa shape index (κ1) is 13.5. The minimum Gasteiger partial charge on any atom is -0.491 e. The van der Waals surface area contributed by atoms with Crippen LogP contribution in [0.1, 0.15) is 38.1 Å². The van der Waals surface area contributed by atoms with Crippen LogP contribution in [-0.4, -0.2) is 11.6 Å². The molecule has 0 saturated carbocycles. The first-order valence-electron chi connectivity index (χ1n) is 5.82. The quantitative estimate of drug-likeness (QED) is 0.734. The second-order valence-corrected chi connectivity index (χ2v) is 4.80. The molecule has 1 aromatic rings. The third-order valence-corrected chi connectivity index (χ3v) is 3.03. The average molecular weight is 286 g/mol. The van der Waals surface area contributed by atoms with E-state index in [0.29, 0.717) is 5.92 Å². The second kappa shape index (κ2) is 6.89. The number of aromatic nitrogens is 1. The minimum absolute atomic E-state index is 0.606. The molecule has 3 heteroatoms. The fraction of sp³-hybridized carbons (Fsp3) is 0.615. The minimum atomic E-state index is 0.606. The van der Waals surface area contributed by atoms with Gasteiger partial charge in [0.1, 0.15) is 5.75 Å². The van der Waals surface area contributed by atoms with Crippen molar-refractivity contribution in [3.05, 3.63) is 23.5 Å². The zero-order valence-electron chi connectivity index (χ0n) is 10.3. The standard InChI is InChI=1S/C13H20BrNO/c1-4-5-10(2)9-16-13-7-6-11(3)15-12(13)8-14/h6-7,10H,4-5,8-9H2,1-3H3. The van der Waals surface area contributed by atoms with E-state index in [1.54, 1.807) is 0 Å². The SMILES string of the molecule is CCCC(C)COc1ccc(C)nc1CBr. The van der Waals surface area contributed by atoms with Crippen molar-refractivity contribution in [2.45, 2.75) is 38.9 Å². The maximum absolute atomic E-state index is 5.80. The van der Waals surface area contributed by atoms with Crippen LogP contribution in [0.2, 0.25) is 0 Å². The number of pyridine rings is 1. The zero-order valence-corrected chi connectivity index (χ0v) is 11.9. The molecule has 0 bridgehead atoms. The molecule has 0 aliphatic rings. The van der Waals surface area contributed by atoms with Gasteiger partial charge in [-0.2, -0.15) is 0 Å². The molecule has 2 nitrogen and oxygen atoms in total. The molecule has 1 heterocycles. The predicted octanol–water partition coefficient (Wildman–Crippen LogP) is 4.10. The third-order valence-electron chi connectivity index (χ3n) is 2.50. The summed E-state index contributed by atoms with van der Waals surface area (Å²) in [6, 6.07) is 4.00. The third kappa shape index (κ3) is 4.12. The lowest BCUT2D eigenvalue weighted by molar-refractivity contribution is 0.249. The number of nitrogens with zero attached hydrogens (tertiary/aromatic N) is 1. The molecular formula is C13H20BrNO. The second-order valence-electron chi connectivity index (χ2n) is 4.24. The number of hydrogen-bond acceptors (Lipinski definition) is 2. The van der Waals surface area contributed by atoms with Gasteiger partial charge in [-0.15, -0.1) is 0 Å². The average Bonchev–Trinajstić information content (AvgIpc) is 2.27. The number of alkyl halides is 1. The number of aryl methyl sites for hydroxylation is 1. The molecule has 0 aliphatic carbocycles. The lowest BCUT2D eigenvalue weighted by atomic mass is 10.1. The Hall–Kier alpha value is -0.570. The summed E-state index contributed by atoms with van der Waals surface area (Å²) >= 11 is 3.44. The van der Waals surface area contributed by atoms with Crippen LogP contribution >= 0.6 is 15.9 Å². The Bertz CT molecular complexity index is 328. The Morgan fingerprint density at radius 3 is 2.81 bits per heavy atom. The van der Waals surface area contributed by atoms with Gasteiger partial charge in [0, 0.05) is 11.0 Å². The lowest BCUT2D eigenvalue weighted by Gasteiger charge is -2.14. The molecule has 0 aliphatic heterocycles. The topological polar surface area (TPSA) is 22.1 Å². The zero-order chi connectivity index (χ0) is 12.0. The summed E-state index contributed by atoms with van der Waals surface area (Å²) in [4.78, 5) is 4.44. The molecule has 0 N–H and O–H groups in total. The molecule has 0 radical (unpaired) electrons. The fourth-order valence-electron chi connectivity index (χ4n) is 1.63. The summed E-state index contributed by atoms with van der Waals surface area (Å²) in [5.41, 5.74) is 2.02. The monoisotopic (exact) mass is 285 g/mol. The number of rotatable bonds is 6. The highest BCUT2D eigenvalue weighted by atomic mass is 79.9. The molecule has 1 rings (SSSR count). The van der Waals surface area contributed by atoms with E-state index in [2.05, 4.69) is 34.8 Å². The van der Waals surface area contributed by atoms with Crippen LogP contribution in [0.3, 0.4) is 0 Å². The van der Waals surface area contributed by atoms with Crippen LogP contribution in [0.25, 0.3) is 0 Å². The summed E-state index contributed by atoms with van der Waals surface area (Å²) in [7, 11) is 0. The molecule has 1 unspecified atom stereocenters. The van der Waals surface area contributed by atoms with Gasteiger partial charge in [0.25, 0.3) is 0 Å². The Labute approximate surface area is 107 Å². The molecule has 0 spiro atoms. The summed E-state index contributed by atoms with van der Waals surface area (Å²) in [6.07, 6.45) is 2.42. The molecule has 1 aromatic heterocycles. The van der Waals surface area contributed by atoms with E-state index in [1.807, 2.05) is 19.1 Å². The fourth-order valence-corrected chi connectivity index (χ4v) is 2.03. The number of hydrogen-bond donors (Lipinski definition) is 0. The van der Waals surface area contributed by atoms with Gasteiger partial charge in [0.05, 0.1) is 12.3 Å². The van der Waals surface area contributed by atoms with Gasteiger partial charge >= 0.3 is 0 Å². The van der Waals surface area contributed by atoms with Crippen LogP contribution in [0.15, 0.2) is 12.1 Å². The molecular weight excluding hydrogens is 266 g/mol. The van der Waals surface area contributed by atoms with Gasteiger partial charge in [0.2, 0.25) is 0 Å². The van der Waals surface area contributed by atoms with Gasteiger partial charge in [-0.1, -0.05) is 36.2 Å². The largest absolute Gasteiger partial charge is 0.491 e. The van der Waals surface area contributed by atoms with E-state index in [0.717, 1.165) is 29.1 Å². The predicted molar refractivity (Wildman–Crippen MR) is 71.2 cm³/mol. The van der Waals surface area contributed by atoms with E-state index in [1.165, 1.54) is 12.8 Å². The van der Waals surface area contributed by atoms with Crippen LogP contribution in [0.5, 0.6) is 5.75 Å². The number of halogens is 1. The Morgan fingerprint density at radius 2 is 2.19 bits per heavy atom. The maximum atomic E-state index is 5.80. The van der Waals surface area contributed by atoms with E-state index >= 15 is 0 Å². The van der Waals surface area contributed by atoms with Crippen LogP contribution in [0, 0.1) is 12.8 Å². The summed E-state index contributed by atoms with van der Waals surface area (Å²) < 4.78 is 5.80. The van der Waals surface area contributed by atoms with Crippen LogP contribution in [-0.2, 0) is 5.33 Å². The number of ether oxygens (including phenoxy) is 1. The summed E-state index contributed by atoms with van der Waals surface area (Å²) in [5, 5.41) is 0.742. The van der Waals surface area contributed by atoms with Crippen molar-refractivity contribution >= 4 is 15.9 Å². The highest BCUT2D eigenvalue weighted by molar-refractivity contribution is 9.08. The Morgan fingerprint density at radius 1 is 1.44 bits per heavy atom. The van der Waals surface area contributed by atoms with Crippen molar-refractivity contribution in [1.82, 2.24) is 4.98 Å².